The standard InChI is InChI=1S/C15H17N3O5/c1-10(19)17-7-8-18(12(20)9-17)15(23)16-13(14(21)22)11-5-3-2-4-6-11/h2-6,13H,7-9H2,1H3,(H,16,23)(H,21,22). The summed E-state index contributed by atoms with van der Waals surface area (Å²) in [5.41, 5.74) is 0.406. The normalized spacial score (nSPS) is 16.0. The van der Waals surface area contributed by atoms with Crippen molar-refractivity contribution < 1.29 is 24.3 Å². The van der Waals surface area contributed by atoms with Crippen LogP contribution in [0.5, 0.6) is 0 Å². The van der Waals surface area contributed by atoms with Crippen LogP contribution in [0.1, 0.15) is 18.5 Å². The van der Waals surface area contributed by atoms with E-state index in [2.05, 4.69) is 5.32 Å². The van der Waals surface area contributed by atoms with E-state index >= 15 is 0 Å². The molecule has 0 radical (unpaired) electrons. The monoisotopic (exact) mass is 319 g/mol. The van der Waals surface area contributed by atoms with Gasteiger partial charge in [0.1, 0.15) is 6.54 Å². The molecule has 1 saturated heterocycles. The Morgan fingerprint density at radius 1 is 1.17 bits per heavy atom. The quantitative estimate of drug-likeness (QED) is 0.828. The third-order valence-electron chi connectivity index (χ3n) is 3.56. The summed E-state index contributed by atoms with van der Waals surface area (Å²) >= 11 is 0. The van der Waals surface area contributed by atoms with Crippen molar-refractivity contribution in [3.05, 3.63) is 35.9 Å². The molecule has 4 amide bonds. The van der Waals surface area contributed by atoms with E-state index in [1.807, 2.05) is 0 Å². The van der Waals surface area contributed by atoms with E-state index < -0.39 is 23.9 Å². The van der Waals surface area contributed by atoms with Gasteiger partial charge in [-0.25, -0.2) is 9.59 Å². The lowest BCUT2D eigenvalue weighted by Gasteiger charge is -2.33. The number of hydrogen-bond acceptors (Lipinski definition) is 4. The number of amides is 4. The summed E-state index contributed by atoms with van der Waals surface area (Å²) in [5.74, 6) is -2.01. The Hall–Kier alpha value is -2.90. The fourth-order valence-corrected chi connectivity index (χ4v) is 2.29. The number of piperazine rings is 1. The van der Waals surface area contributed by atoms with Crippen molar-refractivity contribution in [2.75, 3.05) is 19.6 Å². The van der Waals surface area contributed by atoms with Crippen LogP contribution in [0.25, 0.3) is 0 Å². The zero-order valence-electron chi connectivity index (χ0n) is 12.6. The molecule has 0 aromatic heterocycles. The summed E-state index contributed by atoms with van der Waals surface area (Å²) < 4.78 is 0. The van der Waals surface area contributed by atoms with Crippen molar-refractivity contribution in [2.45, 2.75) is 13.0 Å². The van der Waals surface area contributed by atoms with E-state index in [1.165, 1.54) is 11.8 Å². The first-order chi connectivity index (χ1) is 10.9. The fourth-order valence-electron chi connectivity index (χ4n) is 2.29. The van der Waals surface area contributed by atoms with Gasteiger partial charge >= 0.3 is 12.0 Å². The second-order valence-electron chi connectivity index (χ2n) is 5.12. The van der Waals surface area contributed by atoms with Gasteiger partial charge in [-0.2, -0.15) is 0 Å². The Bertz CT molecular complexity index is 631. The smallest absolute Gasteiger partial charge is 0.330 e. The molecule has 1 aromatic carbocycles. The number of rotatable bonds is 3. The first kappa shape index (κ1) is 16.5. The molecular formula is C15H17N3O5. The number of hydrogen-bond donors (Lipinski definition) is 2. The number of benzene rings is 1. The van der Waals surface area contributed by atoms with Gasteiger partial charge in [-0.3, -0.25) is 14.5 Å². The number of nitrogens with one attached hydrogen (secondary N) is 1. The lowest BCUT2D eigenvalue weighted by atomic mass is 10.1. The van der Waals surface area contributed by atoms with E-state index in [0.29, 0.717) is 5.56 Å². The molecule has 1 atom stereocenters. The Kier molecular flexibility index (Phi) is 4.95. The number of carboxylic acid groups (broad SMARTS) is 1. The highest BCUT2D eigenvalue weighted by Gasteiger charge is 2.32. The minimum Gasteiger partial charge on any atom is -0.479 e. The minimum atomic E-state index is -1.25. The van der Waals surface area contributed by atoms with Gasteiger partial charge in [-0.05, 0) is 5.56 Å². The Balaban J connectivity index is 2.07. The molecule has 0 aliphatic carbocycles. The largest absolute Gasteiger partial charge is 0.479 e. The second kappa shape index (κ2) is 6.91. The summed E-state index contributed by atoms with van der Waals surface area (Å²) in [6.07, 6.45) is 0. The van der Waals surface area contributed by atoms with E-state index in [0.717, 1.165) is 4.90 Å². The van der Waals surface area contributed by atoms with Gasteiger partial charge in [-0.15, -0.1) is 0 Å². The van der Waals surface area contributed by atoms with Crippen LogP contribution in [0.4, 0.5) is 4.79 Å². The highest BCUT2D eigenvalue weighted by Crippen LogP contribution is 2.14. The van der Waals surface area contributed by atoms with Crippen LogP contribution >= 0.6 is 0 Å². The summed E-state index contributed by atoms with van der Waals surface area (Å²) in [4.78, 5) is 49.0. The van der Waals surface area contributed by atoms with Gasteiger partial charge in [-0.1, -0.05) is 30.3 Å². The molecule has 1 aliphatic rings. The maximum atomic E-state index is 12.2. The maximum absolute atomic E-state index is 12.2. The van der Waals surface area contributed by atoms with Crippen molar-refractivity contribution >= 4 is 23.8 Å². The molecular weight excluding hydrogens is 302 g/mol. The molecule has 122 valence electrons. The second-order valence-corrected chi connectivity index (χ2v) is 5.12. The number of carboxylic acids is 1. The fraction of sp³-hybridized carbons (Fsp3) is 0.333. The molecule has 1 unspecified atom stereocenters. The zero-order chi connectivity index (χ0) is 17.0. The third-order valence-corrected chi connectivity index (χ3v) is 3.56. The summed E-state index contributed by atoms with van der Waals surface area (Å²) in [6, 6.07) is 6.18. The Labute approximate surface area is 132 Å². The minimum absolute atomic E-state index is 0.0331. The van der Waals surface area contributed by atoms with E-state index in [9.17, 15) is 24.3 Å². The van der Waals surface area contributed by atoms with Crippen molar-refractivity contribution in [2.24, 2.45) is 0 Å². The van der Waals surface area contributed by atoms with Crippen LogP contribution in [-0.2, 0) is 14.4 Å². The number of nitrogens with zero attached hydrogens (tertiary/aromatic N) is 2. The highest BCUT2D eigenvalue weighted by molar-refractivity contribution is 5.98. The molecule has 1 aromatic rings. The topological polar surface area (TPSA) is 107 Å². The average molecular weight is 319 g/mol. The Morgan fingerprint density at radius 3 is 2.35 bits per heavy atom. The van der Waals surface area contributed by atoms with Gasteiger partial charge < -0.3 is 15.3 Å². The van der Waals surface area contributed by atoms with Gasteiger partial charge in [0.25, 0.3) is 0 Å². The summed E-state index contributed by atoms with van der Waals surface area (Å²) in [7, 11) is 0. The molecule has 1 aliphatic heterocycles. The van der Waals surface area contributed by atoms with Gasteiger partial charge in [0.05, 0.1) is 0 Å². The molecule has 8 heteroatoms. The molecule has 8 nitrogen and oxygen atoms in total. The predicted molar refractivity (Wildman–Crippen MR) is 79.3 cm³/mol. The molecule has 0 spiro atoms. The first-order valence-electron chi connectivity index (χ1n) is 7.04. The maximum Gasteiger partial charge on any atom is 0.330 e. The average Bonchev–Trinajstić information content (AvgIpc) is 2.52. The number of imide groups is 1. The Morgan fingerprint density at radius 2 is 1.83 bits per heavy atom. The van der Waals surface area contributed by atoms with Gasteiger partial charge in [0.2, 0.25) is 11.8 Å². The van der Waals surface area contributed by atoms with E-state index in [-0.39, 0.29) is 25.5 Å². The lowest BCUT2D eigenvalue weighted by molar-refractivity contribution is -0.142. The van der Waals surface area contributed by atoms with Gasteiger partial charge in [0, 0.05) is 20.0 Å². The van der Waals surface area contributed by atoms with E-state index in [4.69, 9.17) is 0 Å². The van der Waals surface area contributed by atoms with Crippen molar-refractivity contribution in [1.82, 2.24) is 15.1 Å². The van der Waals surface area contributed by atoms with Crippen molar-refractivity contribution in [3.63, 3.8) is 0 Å². The van der Waals surface area contributed by atoms with Crippen LogP contribution in [0.3, 0.4) is 0 Å². The van der Waals surface area contributed by atoms with Crippen LogP contribution < -0.4 is 5.32 Å². The molecule has 2 rings (SSSR count). The summed E-state index contributed by atoms with van der Waals surface area (Å²) in [6.45, 7) is 1.42. The molecule has 23 heavy (non-hydrogen) atoms. The molecule has 2 N–H and O–H groups in total. The predicted octanol–water partition coefficient (Wildman–Crippen LogP) is 0.213. The van der Waals surface area contributed by atoms with Gasteiger partial charge in [0.15, 0.2) is 6.04 Å². The SMILES string of the molecule is CC(=O)N1CCN(C(=O)NC(C(=O)O)c2ccccc2)C(=O)C1. The molecule has 0 bridgehead atoms. The van der Waals surface area contributed by atoms with Crippen molar-refractivity contribution in [3.8, 4) is 0 Å². The lowest BCUT2D eigenvalue weighted by Crippen LogP contribution is -2.56. The zero-order valence-corrected chi connectivity index (χ0v) is 12.6. The summed E-state index contributed by atoms with van der Waals surface area (Å²) in [5, 5.41) is 11.6. The third kappa shape index (κ3) is 3.85. The molecule has 0 saturated carbocycles. The highest BCUT2D eigenvalue weighted by atomic mass is 16.4. The van der Waals surface area contributed by atoms with Crippen LogP contribution in [0.15, 0.2) is 30.3 Å². The number of carbonyl (C=O) groups excluding carboxylic acids is 3. The van der Waals surface area contributed by atoms with Crippen LogP contribution in [0.2, 0.25) is 0 Å². The number of carbonyl (C=O) groups is 4. The molecule has 1 heterocycles. The van der Waals surface area contributed by atoms with Crippen LogP contribution in [0, 0.1) is 0 Å². The first-order valence-corrected chi connectivity index (χ1v) is 7.04. The van der Waals surface area contributed by atoms with E-state index in [1.54, 1.807) is 30.3 Å². The number of urea groups is 1. The molecule has 1 fully saturated rings. The number of aliphatic carboxylic acids is 1. The van der Waals surface area contributed by atoms with Crippen molar-refractivity contribution in [1.29, 1.82) is 0 Å². The van der Waals surface area contributed by atoms with Crippen LogP contribution in [-0.4, -0.2) is 58.4 Å².